The van der Waals surface area contributed by atoms with Crippen molar-refractivity contribution in [2.75, 3.05) is 0 Å². The monoisotopic (exact) mass is 157 g/mol. The normalized spacial score (nSPS) is 15.5. The van der Waals surface area contributed by atoms with Gasteiger partial charge in [0.25, 0.3) is 0 Å². The third-order valence-corrected chi connectivity index (χ3v) is 2.67. The van der Waals surface area contributed by atoms with Crippen LogP contribution in [0.25, 0.3) is 0 Å². The molecule has 0 rings (SSSR count). The molecule has 1 atom stereocenters. The number of nitrogens with one attached hydrogen (secondary N) is 1. The molecule has 0 spiro atoms. The zero-order valence-electron chi connectivity index (χ0n) is 8.86. The van der Waals surface area contributed by atoms with E-state index in [0.29, 0.717) is 17.5 Å². The van der Waals surface area contributed by atoms with E-state index >= 15 is 0 Å². The van der Waals surface area contributed by atoms with Crippen LogP contribution in [-0.4, -0.2) is 12.1 Å². The molecule has 1 unspecified atom stereocenters. The molecule has 1 N–H and O–H groups in total. The lowest BCUT2D eigenvalue weighted by molar-refractivity contribution is 0.235. The van der Waals surface area contributed by atoms with E-state index in [1.165, 1.54) is 6.42 Å². The zero-order chi connectivity index (χ0) is 9.07. The highest BCUT2D eigenvalue weighted by molar-refractivity contribution is 4.80. The Morgan fingerprint density at radius 1 is 1.18 bits per heavy atom. The number of hydrogen-bond donors (Lipinski definition) is 1. The molecule has 0 saturated heterocycles. The lowest BCUT2D eigenvalue weighted by Crippen LogP contribution is -2.42. The first-order valence-electron chi connectivity index (χ1n) is 4.66. The van der Waals surface area contributed by atoms with E-state index in [2.05, 4.69) is 46.9 Å². The quantitative estimate of drug-likeness (QED) is 0.661. The number of rotatable bonds is 4. The Morgan fingerprint density at radius 2 is 1.64 bits per heavy atom. The Bertz CT molecular complexity index is 105. The Labute approximate surface area is 71.6 Å². The molecule has 11 heavy (non-hydrogen) atoms. The first kappa shape index (κ1) is 11.0. The maximum atomic E-state index is 3.53. The van der Waals surface area contributed by atoms with Crippen LogP contribution in [-0.2, 0) is 0 Å². The molecule has 0 aromatic carbocycles. The molecule has 0 saturated carbocycles. The standard InChI is InChI=1S/C10H23N/c1-7-10(5,6)9(4)11-8(2)3/h8-9,11H,7H2,1-6H3. The van der Waals surface area contributed by atoms with Crippen LogP contribution >= 0.6 is 0 Å². The van der Waals surface area contributed by atoms with Gasteiger partial charge in [-0.2, -0.15) is 0 Å². The summed E-state index contributed by atoms with van der Waals surface area (Å²) >= 11 is 0. The molecule has 0 heterocycles. The van der Waals surface area contributed by atoms with Gasteiger partial charge in [-0.25, -0.2) is 0 Å². The first-order chi connectivity index (χ1) is 4.90. The van der Waals surface area contributed by atoms with Crippen molar-refractivity contribution in [3.63, 3.8) is 0 Å². The van der Waals surface area contributed by atoms with E-state index < -0.39 is 0 Å². The van der Waals surface area contributed by atoms with E-state index in [4.69, 9.17) is 0 Å². The second-order valence-electron chi connectivity index (χ2n) is 4.39. The largest absolute Gasteiger partial charge is 0.312 e. The van der Waals surface area contributed by atoms with Gasteiger partial charge in [0.05, 0.1) is 0 Å². The molecule has 0 aromatic heterocycles. The van der Waals surface area contributed by atoms with Crippen LogP contribution in [0.5, 0.6) is 0 Å². The van der Waals surface area contributed by atoms with E-state index in [1.54, 1.807) is 0 Å². The van der Waals surface area contributed by atoms with Crippen LogP contribution in [0.2, 0.25) is 0 Å². The molecule has 0 fully saturated rings. The molecular formula is C10H23N. The summed E-state index contributed by atoms with van der Waals surface area (Å²) in [4.78, 5) is 0. The summed E-state index contributed by atoms with van der Waals surface area (Å²) in [6.45, 7) is 13.5. The van der Waals surface area contributed by atoms with E-state index in [1.807, 2.05) is 0 Å². The van der Waals surface area contributed by atoms with Crippen LogP contribution in [0, 0.1) is 5.41 Å². The molecule has 0 aromatic rings. The third-order valence-electron chi connectivity index (χ3n) is 2.67. The van der Waals surface area contributed by atoms with Crippen LogP contribution in [0.15, 0.2) is 0 Å². The Morgan fingerprint density at radius 3 is 1.91 bits per heavy atom. The van der Waals surface area contributed by atoms with Crippen molar-refractivity contribution >= 4 is 0 Å². The van der Waals surface area contributed by atoms with Crippen molar-refractivity contribution in [3.05, 3.63) is 0 Å². The molecule has 0 aliphatic heterocycles. The van der Waals surface area contributed by atoms with Gasteiger partial charge in [0.15, 0.2) is 0 Å². The molecule has 0 amide bonds. The molecule has 0 aliphatic carbocycles. The molecular weight excluding hydrogens is 134 g/mol. The minimum atomic E-state index is 0.421. The summed E-state index contributed by atoms with van der Waals surface area (Å²) in [5.74, 6) is 0. The Hall–Kier alpha value is -0.0400. The fraction of sp³-hybridized carbons (Fsp3) is 1.00. The Balaban J connectivity index is 3.90. The van der Waals surface area contributed by atoms with Gasteiger partial charge in [-0.3, -0.25) is 0 Å². The lowest BCUT2D eigenvalue weighted by atomic mass is 9.82. The summed E-state index contributed by atoms with van der Waals surface area (Å²) in [6.07, 6.45) is 1.23. The molecule has 0 aliphatic rings. The number of hydrogen-bond acceptors (Lipinski definition) is 1. The van der Waals surface area contributed by atoms with Crippen LogP contribution < -0.4 is 5.32 Å². The average molecular weight is 157 g/mol. The van der Waals surface area contributed by atoms with E-state index in [0.717, 1.165) is 0 Å². The summed E-state index contributed by atoms with van der Waals surface area (Å²) in [5, 5.41) is 3.53. The first-order valence-corrected chi connectivity index (χ1v) is 4.66. The van der Waals surface area contributed by atoms with Crippen molar-refractivity contribution in [2.45, 2.75) is 60.0 Å². The fourth-order valence-electron chi connectivity index (χ4n) is 1.03. The predicted molar refractivity (Wildman–Crippen MR) is 51.8 cm³/mol. The SMILES string of the molecule is CCC(C)(C)C(C)NC(C)C. The van der Waals surface area contributed by atoms with Gasteiger partial charge in [0.1, 0.15) is 0 Å². The molecule has 68 valence electrons. The highest BCUT2D eigenvalue weighted by Crippen LogP contribution is 2.24. The zero-order valence-corrected chi connectivity index (χ0v) is 8.86. The fourth-order valence-corrected chi connectivity index (χ4v) is 1.03. The second kappa shape index (κ2) is 4.10. The molecule has 1 nitrogen and oxygen atoms in total. The smallest absolute Gasteiger partial charge is 0.00921 e. The van der Waals surface area contributed by atoms with Crippen molar-refractivity contribution in [2.24, 2.45) is 5.41 Å². The summed E-state index contributed by atoms with van der Waals surface area (Å²) in [5.41, 5.74) is 0.421. The maximum Gasteiger partial charge on any atom is 0.00921 e. The van der Waals surface area contributed by atoms with Gasteiger partial charge in [-0.1, -0.05) is 34.6 Å². The van der Waals surface area contributed by atoms with Crippen molar-refractivity contribution in [3.8, 4) is 0 Å². The van der Waals surface area contributed by atoms with Gasteiger partial charge in [0, 0.05) is 12.1 Å². The third kappa shape index (κ3) is 3.76. The molecule has 1 heteroatoms. The average Bonchev–Trinajstić information content (AvgIpc) is 1.86. The van der Waals surface area contributed by atoms with Crippen LogP contribution in [0.1, 0.15) is 48.0 Å². The van der Waals surface area contributed by atoms with Crippen LogP contribution in [0.4, 0.5) is 0 Å². The van der Waals surface area contributed by atoms with Crippen molar-refractivity contribution in [1.82, 2.24) is 5.32 Å². The lowest BCUT2D eigenvalue weighted by Gasteiger charge is -2.32. The van der Waals surface area contributed by atoms with Gasteiger partial charge in [-0.15, -0.1) is 0 Å². The summed E-state index contributed by atoms with van der Waals surface area (Å²) < 4.78 is 0. The van der Waals surface area contributed by atoms with Crippen molar-refractivity contribution < 1.29 is 0 Å². The van der Waals surface area contributed by atoms with Crippen LogP contribution in [0.3, 0.4) is 0 Å². The van der Waals surface area contributed by atoms with Gasteiger partial charge >= 0.3 is 0 Å². The molecule has 0 bridgehead atoms. The van der Waals surface area contributed by atoms with Gasteiger partial charge in [-0.05, 0) is 18.8 Å². The predicted octanol–water partition coefficient (Wildman–Crippen LogP) is 2.81. The Kier molecular flexibility index (Phi) is 4.09. The molecule has 0 radical (unpaired) electrons. The van der Waals surface area contributed by atoms with Gasteiger partial charge < -0.3 is 5.32 Å². The summed E-state index contributed by atoms with van der Waals surface area (Å²) in [7, 11) is 0. The van der Waals surface area contributed by atoms with E-state index in [-0.39, 0.29) is 0 Å². The minimum absolute atomic E-state index is 0.421. The maximum absolute atomic E-state index is 3.53. The topological polar surface area (TPSA) is 12.0 Å². The van der Waals surface area contributed by atoms with E-state index in [9.17, 15) is 0 Å². The summed E-state index contributed by atoms with van der Waals surface area (Å²) in [6, 6.07) is 1.20. The minimum Gasteiger partial charge on any atom is -0.312 e. The second-order valence-corrected chi connectivity index (χ2v) is 4.39. The van der Waals surface area contributed by atoms with Gasteiger partial charge in [0.2, 0.25) is 0 Å². The highest BCUT2D eigenvalue weighted by Gasteiger charge is 2.23. The highest BCUT2D eigenvalue weighted by atomic mass is 14.9. The van der Waals surface area contributed by atoms with Crippen molar-refractivity contribution in [1.29, 1.82) is 0 Å².